The van der Waals surface area contributed by atoms with Gasteiger partial charge in [0.05, 0.1) is 40.0 Å². The zero-order valence-electron chi connectivity index (χ0n) is 28.1. The minimum Gasteiger partial charge on any atom is -0.308 e. The van der Waals surface area contributed by atoms with Crippen LogP contribution in [0.3, 0.4) is 0 Å². The average Bonchev–Trinajstić information content (AvgIpc) is 3.54. The molecule has 0 saturated carbocycles. The molecule has 3 nitrogen and oxygen atoms in total. The smallest absolute Gasteiger partial charge is 0.230 e. The summed E-state index contributed by atoms with van der Waals surface area (Å²) in [5, 5.41) is 29.5. The van der Waals surface area contributed by atoms with Crippen molar-refractivity contribution in [1.29, 1.82) is 10.5 Å². The minimum absolute atomic E-state index is 0.581. The lowest BCUT2D eigenvalue weighted by molar-refractivity contribution is 1.21. The third-order valence-electron chi connectivity index (χ3n) is 10.1. The Labute approximate surface area is 302 Å². The van der Waals surface area contributed by atoms with Crippen molar-refractivity contribution in [3.63, 3.8) is 0 Å². The molecular weight excluding hydrogens is 647 g/mol. The van der Waals surface area contributed by atoms with Crippen LogP contribution < -0.4 is 15.6 Å². The second kappa shape index (κ2) is 12.6. The number of hydrogen-bond acceptors (Lipinski definition) is 2. The van der Waals surface area contributed by atoms with Gasteiger partial charge in [-0.05, 0) is 52.0 Å². The molecule has 52 heavy (non-hydrogen) atoms. The second-order valence-corrected chi connectivity index (χ2v) is 16.4. The Bertz CT molecular complexity index is 2750. The Morgan fingerprint density at radius 1 is 0.404 bits per heavy atom. The van der Waals surface area contributed by atoms with Gasteiger partial charge >= 0.3 is 0 Å². The van der Waals surface area contributed by atoms with Gasteiger partial charge in [0, 0.05) is 37.9 Å². The van der Waals surface area contributed by atoms with Gasteiger partial charge in [-0.1, -0.05) is 145 Å². The van der Waals surface area contributed by atoms with Crippen LogP contribution in [0.15, 0.2) is 176 Å². The number of aromatic nitrogens is 1. The third-order valence-corrected chi connectivity index (χ3v) is 14.2. The Morgan fingerprint density at radius 2 is 0.788 bits per heavy atom. The Balaban J connectivity index is 1.40. The van der Waals surface area contributed by atoms with Crippen molar-refractivity contribution in [1.82, 2.24) is 4.57 Å². The molecule has 0 unspecified atom stereocenters. The molecule has 0 N–H and O–H groups in total. The standard InChI is InChI=1S/C48H29N3Si/c49-32-34-24-26-46-44(30-34)45-31-35(33-50)25-27-47(45)51(46)48-42-22-12-10-20-39(42)41(40-21-11-13-23-43(40)48)28-29-52(36-14-4-1-5-15-36,37-16-6-2-7-17-37)38-18-8-3-9-19-38/h1-27,30-31H. The summed E-state index contributed by atoms with van der Waals surface area (Å²) in [6.07, 6.45) is 0. The molecule has 9 rings (SSSR count). The predicted octanol–water partition coefficient (Wildman–Crippen LogP) is 8.89. The van der Waals surface area contributed by atoms with Gasteiger partial charge in [0.2, 0.25) is 8.07 Å². The maximum absolute atomic E-state index is 9.81. The summed E-state index contributed by atoms with van der Waals surface area (Å²) in [5.41, 5.74) is 9.19. The van der Waals surface area contributed by atoms with Crippen LogP contribution in [0.4, 0.5) is 0 Å². The molecule has 240 valence electrons. The van der Waals surface area contributed by atoms with E-state index >= 15 is 0 Å². The number of benzene rings is 8. The summed E-state index contributed by atoms with van der Waals surface area (Å²) < 4.78 is 2.30. The van der Waals surface area contributed by atoms with Crippen molar-refractivity contribution in [3.05, 3.63) is 193 Å². The predicted molar refractivity (Wildman–Crippen MR) is 216 cm³/mol. The van der Waals surface area contributed by atoms with Gasteiger partial charge in [0.1, 0.15) is 0 Å². The van der Waals surface area contributed by atoms with Crippen LogP contribution in [0.25, 0.3) is 49.0 Å². The molecule has 4 heteroatoms. The highest BCUT2D eigenvalue weighted by atomic mass is 28.3. The Hall–Kier alpha value is -7.16. The summed E-state index contributed by atoms with van der Waals surface area (Å²) in [6.45, 7) is 0. The summed E-state index contributed by atoms with van der Waals surface area (Å²) in [4.78, 5) is 0. The lowest BCUT2D eigenvalue weighted by atomic mass is 9.95. The fourth-order valence-corrected chi connectivity index (χ4v) is 11.6. The fraction of sp³-hybridized carbons (Fsp3) is 0. The van der Waals surface area contributed by atoms with E-state index in [9.17, 15) is 10.5 Å². The van der Waals surface area contributed by atoms with Crippen LogP contribution in [0, 0.1) is 34.1 Å². The van der Waals surface area contributed by atoms with Gasteiger partial charge in [0.25, 0.3) is 0 Å². The molecule has 1 heterocycles. The highest BCUT2D eigenvalue weighted by molar-refractivity contribution is 7.16. The summed E-state index contributed by atoms with van der Waals surface area (Å²) in [6, 6.07) is 65.7. The van der Waals surface area contributed by atoms with E-state index in [2.05, 4.69) is 168 Å². The van der Waals surface area contributed by atoms with Crippen molar-refractivity contribution in [3.8, 4) is 29.3 Å². The number of nitrogens with zero attached hydrogens (tertiary/aromatic N) is 3. The molecule has 8 aromatic carbocycles. The molecule has 0 atom stereocenters. The molecule has 0 saturated heterocycles. The van der Waals surface area contributed by atoms with E-state index in [1.807, 2.05) is 36.4 Å². The van der Waals surface area contributed by atoms with Gasteiger partial charge in [-0.2, -0.15) is 10.5 Å². The van der Waals surface area contributed by atoms with E-state index < -0.39 is 8.07 Å². The average molecular weight is 676 g/mol. The van der Waals surface area contributed by atoms with Crippen LogP contribution >= 0.6 is 0 Å². The first-order valence-electron chi connectivity index (χ1n) is 17.2. The first-order valence-corrected chi connectivity index (χ1v) is 19.2. The van der Waals surface area contributed by atoms with E-state index in [0.29, 0.717) is 11.1 Å². The van der Waals surface area contributed by atoms with Crippen LogP contribution in [-0.4, -0.2) is 12.6 Å². The monoisotopic (exact) mass is 675 g/mol. The first-order chi connectivity index (χ1) is 25.7. The maximum Gasteiger partial charge on any atom is 0.230 e. The third kappa shape index (κ3) is 4.81. The summed E-state index contributed by atoms with van der Waals surface area (Å²) >= 11 is 0. The van der Waals surface area contributed by atoms with Crippen molar-refractivity contribution in [2.75, 3.05) is 0 Å². The molecule has 9 aromatic rings. The summed E-state index contributed by atoms with van der Waals surface area (Å²) in [7, 11) is -2.86. The van der Waals surface area contributed by atoms with E-state index in [1.54, 1.807) is 0 Å². The molecule has 0 aliphatic carbocycles. The number of fused-ring (bicyclic) bond motifs is 5. The zero-order chi connectivity index (χ0) is 35.1. The molecule has 0 bridgehead atoms. The number of nitriles is 2. The number of hydrogen-bond donors (Lipinski definition) is 0. The van der Waals surface area contributed by atoms with E-state index in [0.717, 1.165) is 54.6 Å². The molecule has 0 amide bonds. The highest BCUT2D eigenvalue weighted by Gasteiger charge is 2.38. The zero-order valence-corrected chi connectivity index (χ0v) is 29.1. The molecule has 0 spiro atoms. The van der Waals surface area contributed by atoms with Gasteiger partial charge in [-0.15, -0.1) is 5.54 Å². The molecule has 0 fully saturated rings. The van der Waals surface area contributed by atoms with Crippen molar-refractivity contribution >= 4 is 67.0 Å². The van der Waals surface area contributed by atoms with Crippen LogP contribution in [0.1, 0.15) is 16.7 Å². The van der Waals surface area contributed by atoms with Crippen LogP contribution in [0.5, 0.6) is 0 Å². The topological polar surface area (TPSA) is 52.5 Å². The lowest BCUT2D eigenvalue weighted by Crippen LogP contribution is -2.66. The van der Waals surface area contributed by atoms with Gasteiger partial charge in [-0.25, -0.2) is 0 Å². The minimum atomic E-state index is -2.86. The Morgan fingerprint density at radius 3 is 1.19 bits per heavy atom. The van der Waals surface area contributed by atoms with Crippen molar-refractivity contribution in [2.24, 2.45) is 0 Å². The van der Waals surface area contributed by atoms with E-state index in [4.69, 9.17) is 0 Å². The Kier molecular flexibility index (Phi) is 7.49. The van der Waals surface area contributed by atoms with E-state index in [-0.39, 0.29) is 0 Å². The van der Waals surface area contributed by atoms with Crippen molar-refractivity contribution in [2.45, 2.75) is 0 Å². The van der Waals surface area contributed by atoms with Gasteiger partial charge in [0.15, 0.2) is 0 Å². The highest BCUT2D eigenvalue weighted by Crippen LogP contribution is 2.41. The maximum atomic E-state index is 9.81. The van der Waals surface area contributed by atoms with E-state index in [1.165, 1.54) is 15.6 Å². The molecule has 0 radical (unpaired) electrons. The van der Waals surface area contributed by atoms with Crippen molar-refractivity contribution < 1.29 is 0 Å². The first kappa shape index (κ1) is 30.9. The van der Waals surface area contributed by atoms with Gasteiger partial charge in [-0.3, -0.25) is 0 Å². The SMILES string of the molecule is N#Cc1ccc2c(c1)c1cc(C#N)ccc1n2-c1c2ccccc2c(C#C[Si](c2ccccc2)(c2ccccc2)c2ccccc2)c2ccccc12. The summed E-state index contributed by atoms with van der Waals surface area (Å²) in [5.74, 6) is 3.87. The second-order valence-electron chi connectivity index (χ2n) is 12.9. The molecule has 0 aliphatic heterocycles. The van der Waals surface area contributed by atoms with Crippen LogP contribution in [-0.2, 0) is 0 Å². The quantitative estimate of drug-likeness (QED) is 0.0810. The lowest BCUT2D eigenvalue weighted by Gasteiger charge is -2.28. The largest absolute Gasteiger partial charge is 0.308 e. The number of rotatable bonds is 4. The molecule has 1 aromatic heterocycles. The normalized spacial score (nSPS) is 11.3. The van der Waals surface area contributed by atoms with Gasteiger partial charge < -0.3 is 4.57 Å². The molecule has 0 aliphatic rings. The fourth-order valence-electron chi connectivity index (χ4n) is 7.82. The van der Waals surface area contributed by atoms with Crippen LogP contribution in [0.2, 0.25) is 0 Å². The molecular formula is C48H29N3Si.